The number of ketones is 1. The highest BCUT2D eigenvalue weighted by atomic mass is 16.6. The topological polar surface area (TPSA) is 69.7 Å². The van der Waals surface area contributed by atoms with Gasteiger partial charge in [-0.1, -0.05) is 19.4 Å². The van der Waals surface area contributed by atoms with Gasteiger partial charge in [0.2, 0.25) is 0 Å². The van der Waals surface area contributed by atoms with Crippen LogP contribution in [0.4, 0.5) is 0 Å². The molecular formula is C28H38O5. The van der Waals surface area contributed by atoms with Gasteiger partial charge in [0.15, 0.2) is 5.78 Å². The van der Waals surface area contributed by atoms with E-state index in [1.54, 1.807) is 0 Å². The SMILES string of the molecule is C[C@]12CCC(=O)C=C1C[C@@H](C(=O)OC1CCCC1)[C@H]1[C@H]3CC[C@@]4(CCC(=O)O4)[C@@]3(C)CC[C@@H]12. The molecule has 1 heterocycles. The Labute approximate surface area is 197 Å². The third-order valence-corrected chi connectivity index (χ3v) is 11.2. The number of carbonyl (C=O) groups is 3. The smallest absolute Gasteiger partial charge is 0.309 e. The zero-order chi connectivity index (χ0) is 23.0. The summed E-state index contributed by atoms with van der Waals surface area (Å²) in [5.74, 6) is 0.928. The second-order valence-electron chi connectivity index (χ2n) is 12.5. The van der Waals surface area contributed by atoms with E-state index in [1.807, 2.05) is 6.08 Å². The summed E-state index contributed by atoms with van der Waals surface area (Å²) in [6.45, 7) is 4.70. The van der Waals surface area contributed by atoms with Gasteiger partial charge in [0.05, 0.1) is 5.92 Å². The first kappa shape index (κ1) is 21.9. The lowest BCUT2D eigenvalue weighted by Gasteiger charge is -2.60. The maximum absolute atomic E-state index is 13.7. The summed E-state index contributed by atoms with van der Waals surface area (Å²) in [6.07, 6.45) is 13.7. The lowest BCUT2D eigenvalue weighted by Crippen LogP contribution is -2.58. The quantitative estimate of drug-likeness (QED) is 0.529. The van der Waals surface area contributed by atoms with Gasteiger partial charge in [0, 0.05) is 18.3 Å². The molecule has 0 aromatic heterocycles. The molecule has 6 aliphatic rings. The van der Waals surface area contributed by atoms with E-state index in [4.69, 9.17) is 9.47 Å². The Balaban J connectivity index is 1.38. The molecule has 33 heavy (non-hydrogen) atoms. The molecule has 1 aliphatic heterocycles. The fourth-order valence-electron chi connectivity index (χ4n) is 9.36. The van der Waals surface area contributed by atoms with Crippen LogP contribution < -0.4 is 0 Å². The molecule has 6 rings (SSSR count). The van der Waals surface area contributed by atoms with Gasteiger partial charge in [-0.05, 0) is 99.9 Å². The molecule has 180 valence electrons. The molecule has 0 N–H and O–H groups in total. The average Bonchev–Trinajstić information content (AvgIpc) is 3.49. The van der Waals surface area contributed by atoms with Crippen LogP contribution in [-0.4, -0.2) is 29.4 Å². The number of ether oxygens (including phenoxy) is 2. The number of fused-ring (bicyclic) bond motifs is 6. The number of allylic oxidation sites excluding steroid dienone is 1. The molecule has 1 saturated heterocycles. The predicted octanol–water partition coefficient (Wildman–Crippen LogP) is 5.31. The molecule has 0 amide bonds. The van der Waals surface area contributed by atoms with Gasteiger partial charge >= 0.3 is 11.9 Å². The summed E-state index contributed by atoms with van der Waals surface area (Å²) >= 11 is 0. The van der Waals surface area contributed by atoms with E-state index in [1.165, 1.54) is 5.57 Å². The van der Waals surface area contributed by atoms with E-state index >= 15 is 0 Å². The molecule has 0 aromatic rings. The molecule has 5 fully saturated rings. The fourth-order valence-corrected chi connectivity index (χ4v) is 9.36. The highest BCUT2D eigenvalue weighted by molar-refractivity contribution is 5.92. The summed E-state index contributed by atoms with van der Waals surface area (Å²) in [7, 11) is 0. The Bertz CT molecular complexity index is 915. The van der Waals surface area contributed by atoms with Gasteiger partial charge in [-0.3, -0.25) is 14.4 Å². The van der Waals surface area contributed by atoms with Crippen LogP contribution in [0.3, 0.4) is 0 Å². The summed E-state index contributed by atoms with van der Waals surface area (Å²) in [5.41, 5.74) is 0.761. The average molecular weight is 455 g/mol. The van der Waals surface area contributed by atoms with Crippen LogP contribution in [0.15, 0.2) is 11.6 Å². The van der Waals surface area contributed by atoms with Crippen LogP contribution in [0, 0.1) is 34.5 Å². The first-order valence-electron chi connectivity index (χ1n) is 13.4. The number of esters is 2. The number of rotatable bonds is 2. The van der Waals surface area contributed by atoms with Crippen LogP contribution >= 0.6 is 0 Å². The molecule has 4 saturated carbocycles. The first-order chi connectivity index (χ1) is 15.8. The second-order valence-corrected chi connectivity index (χ2v) is 12.5. The molecule has 7 atom stereocenters. The van der Waals surface area contributed by atoms with Gasteiger partial charge < -0.3 is 9.47 Å². The minimum atomic E-state index is -0.348. The molecule has 0 unspecified atom stereocenters. The largest absolute Gasteiger partial charge is 0.462 e. The Hall–Kier alpha value is -1.65. The maximum atomic E-state index is 13.7. The standard InChI is InChI=1S/C28H38O5/c1-26-11-7-18(29)15-17(26)16-20(25(31)32-19-5-3-4-6-19)24-21(26)8-12-27(2)22(24)9-13-28(27)14-10-23(30)33-28/h15,19-22,24H,3-14,16H2,1-2H3/t20-,21+,22-,24-,26+,27+,28-/m1/s1. The third-order valence-electron chi connectivity index (χ3n) is 11.2. The molecular weight excluding hydrogens is 416 g/mol. The van der Waals surface area contributed by atoms with Crippen molar-refractivity contribution in [3.8, 4) is 0 Å². The van der Waals surface area contributed by atoms with Crippen molar-refractivity contribution < 1.29 is 23.9 Å². The Morgan fingerprint density at radius 1 is 0.970 bits per heavy atom. The second kappa shape index (κ2) is 7.42. The molecule has 5 heteroatoms. The van der Waals surface area contributed by atoms with E-state index in [2.05, 4.69) is 13.8 Å². The van der Waals surface area contributed by atoms with Gasteiger partial charge in [0.1, 0.15) is 11.7 Å². The minimum Gasteiger partial charge on any atom is -0.462 e. The van der Waals surface area contributed by atoms with Crippen molar-refractivity contribution in [2.75, 3.05) is 0 Å². The lowest BCUT2D eigenvalue weighted by atomic mass is 9.44. The van der Waals surface area contributed by atoms with Crippen LogP contribution in [0.25, 0.3) is 0 Å². The lowest BCUT2D eigenvalue weighted by molar-refractivity contribution is -0.180. The fraction of sp³-hybridized carbons (Fsp3) is 0.821. The van der Waals surface area contributed by atoms with E-state index in [-0.39, 0.29) is 52.1 Å². The van der Waals surface area contributed by atoms with E-state index in [0.717, 1.165) is 64.2 Å². The minimum absolute atomic E-state index is 0.00779. The highest BCUT2D eigenvalue weighted by Gasteiger charge is 2.69. The summed E-state index contributed by atoms with van der Waals surface area (Å²) < 4.78 is 12.2. The van der Waals surface area contributed by atoms with Crippen LogP contribution in [0.2, 0.25) is 0 Å². The van der Waals surface area contributed by atoms with Crippen molar-refractivity contribution in [2.45, 2.75) is 109 Å². The van der Waals surface area contributed by atoms with Crippen LogP contribution in [-0.2, 0) is 23.9 Å². The zero-order valence-electron chi connectivity index (χ0n) is 20.2. The number of carbonyl (C=O) groups excluding carboxylic acids is 3. The van der Waals surface area contributed by atoms with Crippen LogP contribution in [0.5, 0.6) is 0 Å². The van der Waals surface area contributed by atoms with Crippen molar-refractivity contribution in [3.05, 3.63) is 11.6 Å². The zero-order valence-corrected chi connectivity index (χ0v) is 20.2. The van der Waals surface area contributed by atoms with Gasteiger partial charge in [-0.25, -0.2) is 0 Å². The summed E-state index contributed by atoms with van der Waals surface area (Å²) in [6, 6.07) is 0. The molecule has 5 nitrogen and oxygen atoms in total. The normalized spacial score (nSPS) is 47.0. The van der Waals surface area contributed by atoms with E-state index in [9.17, 15) is 14.4 Å². The first-order valence-corrected chi connectivity index (χ1v) is 13.4. The Morgan fingerprint density at radius 3 is 2.45 bits per heavy atom. The number of hydrogen-bond acceptors (Lipinski definition) is 5. The van der Waals surface area contributed by atoms with Gasteiger partial charge in [-0.15, -0.1) is 0 Å². The molecule has 1 spiro atoms. The number of hydrogen-bond donors (Lipinski definition) is 0. The Morgan fingerprint density at radius 2 is 1.73 bits per heavy atom. The third kappa shape index (κ3) is 3.06. The van der Waals surface area contributed by atoms with Gasteiger partial charge in [-0.2, -0.15) is 0 Å². The summed E-state index contributed by atoms with van der Waals surface area (Å²) in [5, 5.41) is 0. The molecule has 0 radical (unpaired) electrons. The van der Waals surface area contributed by atoms with E-state index in [0.29, 0.717) is 31.1 Å². The van der Waals surface area contributed by atoms with Crippen molar-refractivity contribution in [1.29, 1.82) is 0 Å². The molecule has 0 aromatic carbocycles. The van der Waals surface area contributed by atoms with E-state index < -0.39 is 0 Å². The highest BCUT2D eigenvalue weighted by Crippen LogP contribution is 2.70. The van der Waals surface area contributed by atoms with Crippen LogP contribution in [0.1, 0.15) is 97.3 Å². The molecule has 5 aliphatic carbocycles. The van der Waals surface area contributed by atoms with Crippen molar-refractivity contribution in [1.82, 2.24) is 0 Å². The van der Waals surface area contributed by atoms with Gasteiger partial charge in [0.25, 0.3) is 0 Å². The van der Waals surface area contributed by atoms with Crippen molar-refractivity contribution in [3.63, 3.8) is 0 Å². The van der Waals surface area contributed by atoms with Crippen molar-refractivity contribution in [2.24, 2.45) is 34.5 Å². The summed E-state index contributed by atoms with van der Waals surface area (Å²) in [4.78, 5) is 38.3. The Kier molecular flexibility index (Phi) is 4.92. The predicted molar refractivity (Wildman–Crippen MR) is 122 cm³/mol. The van der Waals surface area contributed by atoms with Crippen molar-refractivity contribution >= 4 is 17.7 Å². The monoisotopic (exact) mass is 454 g/mol. The molecule has 0 bridgehead atoms. The maximum Gasteiger partial charge on any atom is 0.309 e.